The second-order valence-electron chi connectivity index (χ2n) is 3.96. The maximum atomic E-state index is 8.25. The van der Waals surface area contributed by atoms with Gasteiger partial charge in [-0.2, -0.15) is 23.5 Å². The molecule has 0 radical (unpaired) electrons. The normalized spacial score (nSPS) is 16.2. The molecule has 1 heterocycles. The van der Waals surface area contributed by atoms with Crippen LogP contribution in [-0.2, 0) is 11.5 Å². The molecule has 0 aromatic heterocycles. The molecule has 106 valence electrons. The van der Waals surface area contributed by atoms with Crippen LogP contribution in [0.3, 0.4) is 0 Å². The molecule has 0 atom stereocenters. The molecule has 0 saturated carbocycles. The summed E-state index contributed by atoms with van der Waals surface area (Å²) in [7, 11) is 0. The lowest BCUT2D eigenvalue weighted by atomic mass is 10.1. The van der Waals surface area contributed by atoms with Crippen LogP contribution in [-0.4, -0.2) is 29.7 Å². The van der Waals surface area contributed by atoms with Crippen molar-refractivity contribution in [2.24, 2.45) is 0 Å². The Hall–Kier alpha value is -0.920. The van der Waals surface area contributed by atoms with Gasteiger partial charge in [0.05, 0.1) is 18.2 Å². The number of nitrogens with two attached hydrogens (primary N) is 1. The maximum Gasteiger partial charge on any atom is 0.0847 e. The van der Waals surface area contributed by atoms with Crippen molar-refractivity contribution >= 4 is 23.5 Å². The van der Waals surface area contributed by atoms with E-state index in [9.17, 15) is 0 Å². The van der Waals surface area contributed by atoms with Crippen molar-refractivity contribution in [2.75, 3.05) is 24.6 Å². The molecule has 0 aliphatic carbocycles. The Kier molecular flexibility index (Phi) is 8.44. The van der Waals surface area contributed by atoms with E-state index in [0.29, 0.717) is 0 Å². The molecule has 0 amide bonds. The first-order valence-electron chi connectivity index (χ1n) is 6.05. The Morgan fingerprint density at radius 2 is 1.42 bits per heavy atom. The third-order valence-electron chi connectivity index (χ3n) is 2.57. The average molecular weight is 302 g/mol. The summed E-state index contributed by atoms with van der Waals surface area (Å²) in [6.07, 6.45) is 0. The molecule has 1 aliphatic heterocycles. The van der Waals surface area contributed by atoms with Crippen molar-refractivity contribution in [3.8, 4) is 0 Å². The minimum atomic E-state index is -1.75. The zero-order valence-corrected chi connectivity index (χ0v) is 12.3. The summed E-state index contributed by atoms with van der Waals surface area (Å²) < 4.78 is 0. The zero-order chi connectivity index (χ0) is 13.9. The van der Waals surface area contributed by atoms with Crippen LogP contribution in [0.1, 0.15) is 11.1 Å². The van der Waals surface area contributed by atoms with Crippen LogP contribution in [0.4, 0.5) is 0 Å². The number of rotatable bonds is 0. The molecule has 5 nitrogen and oxygen atoms in total. The molecule has 0 fully saturated rings. The Bertz CT molecular complexity index is 358. The average Bonchev–Trinajstić information content (AvgIpc) is 2.42. The number of fused-ring (bicyclic) bond motifs is 1. The van der Waals surface area contributed by atoms with Crippen molar-refractivity contribution in [1.29, 1.82) is 0 Å². The van der Waals surface area contributed by atoms with Gasteiger partial charge < -0.3 is 20.6 Å². The molecule has 1 aromatic carbocycles. The van der Waals surface area contributed by atoms with Crippen molar-refractivity contribution < 1.29 is 10.4 Å². The fraction of sp³-hybridized carbons (Fsp3) is 0.500. The molecule has 7 heteroatoms. The Labute approximate surface area is 121 Å². The molecule has 0 bridgehead atoms. The minimum Gasteiger partial charge on any atom is -0.356 e. The molecule has 1 aromatic rings. The molecular formula is C12H18N2O3S2. The first-order valence-corrected chi connectivity index (χ1v) is 8.36. The van der Waals surface area contributed by atoms with E-state index in [1.807, 2.05) is 0 Å². The summed E-state index contributed by atoms with van der Waals surface area (Å²) in [6.45, 7) is 2.54. The Morgan fingerprint density at radius 3 is 1.84 bits per heavy atom. The van der Waals surface area contributed by atoms with E-state index in [-0.39, 0.29) is 0 Å². The van der Waals surface area contributed by atoms with Gasteiger partial charge in [0.1, 0.15) is 0 Å². The lowest BCUT2D eigenvalue weighted by Gasteiger charge is -2.07. The van der Waals surface area contributed by atoms with Gasteiger partial charge in [-0.3, -0.25) is 0 Å². The topological polar surface area (TPSA) is 82.8 Å². The number of benzene rings is 1. The van der Waals surface area contributed by atoms with Gasteiger partial charge >= 0.3 is 0 Å². The number of thioether (sulfide) groups is 2. The zero-order valence-electron chi connectivity index (χ0n) is 10.6. The number of hydrogen-bond donors (Lipinski definition) is 1. The van der Waals surface area contributed by atoms with Crippen LogP contribution in [0.2, 0.25) is 0 Å². The highest BCUT2D eigenvalue weighted by Crippen LogP contribution is 2.20. The van der Waals surface area contributed by atoms with E-state index in [0.717, 1.165) is 0 Å². The van der Waals surface area contributed by atoms with Gasteiger partial charge in [0.2, 0.25) is 0 Å². The fourth-order valence-electron chi connectivity index (χ4n) is 1.68. The van der Waals surface area contributed by atoms with E-state index in [4.69, 9.17) is 15.3 Å². The van der Waals surface area contributed by atoms with Gasteiger partial charge in [0.15, 0.2) is 0 Å². The van der Waals surface area contributed by atoms with Crippen molar-refractivity contribution in [1.82, 2.24) is 0 Å². The molecule has 0 unspecified atom stereocenters. The quantitative estimate of drug-likeness (QED) is 0.580. The summed E-state index contributed by atoms with van der Waals surface area (Å²) in [4.78, 5) is 8.25. The van der Waals surface area contributed by atoms with E-state index in [1.54, 1.807) is 0 Å². The SMILES string of the molecule is O=[N+]([O-])[O-].c1ccc2c(c1)CSCC[NH2+]CCSC2. The second-order valence-corrected chi connectivity index (χ2v) is 6.17. The second kappa shape index (κ2) is 9.94. The van der Waals surface area contributed by atoms with E-state index < -0.39 is 5.09 Å². The highest BCUT2D eigenvalue weighted by molar-refractivity contribution is 7.98. The molecule has 2 rings (SSSR count). The van der Waals surface area contributed by atoms with Crippen LogP contribution >= 0.6 is 23.5 Å². The Balaban J connectivity index is 0.000000399. The summed E-state index contributed by atoms with van der Waals surface area (Å²) in [5.41, 5.74) is 3.08. The van der Waals surface area contributed by atoms with Gasteiger partial charge in [0.25, 0.3) is 0 Å². The first-order chi connectivity index (χ1) is 9.20. The molecule has 0 saturated heterocycles. The van der Waals surface area contributed by atoms with Crippen LogP contribution in [0, 0.1) is 15.3 Å². The van der Waals surface area contributed by atoms with Crippen molar-refractivity contribution in [3.63, 3.8) is 0 Å². The highest BCUT2D eigenvalue weighted by atomic mass is 32.2. The predicted molar refractivity (Wildman–Crippen MR) is 80.8 cm³/mol. The van der Waals surface area contributed by atoms with Crippen molar-refractivity contribution in [3.05, 3.63) is 50.7 Å². The standard InChI is InChI=1S/C12H17NS2.NO3/c1-2-4-12-10-15-8-6-13-5-7-14-9-11(12)3-1;2-1(3)4/h1-4,13H,5-10H2;/q;-1/p+1. The summed E-state index contributed by atoms with van der Waals surface area (Å²) in [6, 6.07) is 8.89. The van der Waals surface area contributed by atoms with Crippen molar-refractivity contribution in [2.45, 2.75) is 11.5 Å². The van der Waals surface area contributed by atoms with Gasteiger partial charge in [-0.1, -0.05) is 24.3 Å². The molecule has 2 N–H and O–H groups in total. The van der Waals surface area contributed by atoms with Crippen LogP contribution in [0.15, 0.2) is 24.3 Å². The first kappa shape index (κ1) is 16.1. The minimum absolute atomic E-state index is 1.19. The van der Waals surface area contributed by atoms with E-state index >= 15 is 0 Å². The number of nitrogens with zero attached hydrogens (tertiary/aromatic N) is 1. The number of hydrogen-bond acceptors (Lipinski definition) is 5. The van der Waals surface area contributed by atoms with Crippen LogP contribution < -0.4 is 5.32 Å². The highest BCUT2D eigenvalue weighted by Gasteiger charge is 2.04. The molecule has 19 heavy (non-hydrogen) atoms. The summed E-state index contributed by atoms with van der Waals surface area (Å²) in [5.74, 6) is 4.92. The van der Waals surface area contributed by atoms with Gasteiger partial charge in [-0.05, 0) is 11.1 Å². The monoisotopic (exact) mass is 302 g/mol. The number of quaternary nitrogens is 1. The fourth-order valence-corrected chi connectivity index (χ4v) is 3.64. The maximum absolute atomic E-state index is 8.25. The largest absolute Gasteiger partial charge is 0.356 e. The molecule has 1 aliphatic rings. The van der Waals surface area contributed by atoms with Crippen LogP contribution in [0.25, 0.3) is 0 Å². The van der Waals surface area contributed by atoms with Gasteiger partial charge in [-0.15, -0.1) is 0 Å². The predicted octanol–water partition coefficient (Wildman–Crippen LogP) is 1.49. The summed E-state index contributed by atoms with van der Waals surface area (Å²) >= 11 is 4.13. The van der Waals surface area contributed by atoms with Crippen LogP contribution in [0.5, 0.6) is 0 Å². The lowest BCUT2D eigenvalue weighted by molar-refractivity contribution is -0.646. The lowest BCUT2D eigenvalue weighted by Crippen LogP contribution is -2.85. The van der Waals surface area contributed by atoms with E-state index in [2.05, 4.69) is 53.1 Å². The Morgan fingerprint density at radius 1 is 1.00 bits per heavy atom. The smallest absolute Gasteiger partial charge is 0.0847 e. The van der Waals surface area contributed by atoms with E-state index in [1.165, 1.54) is 47.2 Å². The van der Waals surface area contributed by atoms with Gasteiger partial charge in [-0.25, -0.2) is 0 Å². The molecular weight excluding hydrogens is 284 g/mol. The van der Waals surface area contributed by atoms with Gasteiger partial charge in [0, 0.05) is 23.0 Å². The summed E-state index contributed by atoms with van der Waals surface area (Å²) in [5, 5.41) is 17.2. The molecule has 0 spiro atoms. The third kappa shape index (κ3) is 7.97. The third-order valence-corrected chi connectivity index (χ3v) is 4.65.